The van der Waals surface area contributed by atoms with E-state index in [2.05, 4.69) is 113 Å². The van der Waals surface area contributed by atoms with Gasteiger partial charge in [-0.2, -0.15) is 0 Å². The van der Waals surface area contributed by atoms with Gasteiger partial charge in [-0.25, -0.2) is 29.3 Å². The fraction of sp³-hybridized carbons (Fsp3) is 0.0758. The van der Waals surface area contributed by atoms with Crippen LogP contribution in [-0.4, -0.2) is 95.0 Å². The van der Waals surface area contributed by atoms with Crippen LogP contribution in [0.5, 0.6) is 0 Å². The van der Waals surface area contributed by atoms with Crippen LogP contribution in [0.4, 0.5) is 25.9 Å². The molecule has 0 saturated carbocycles. The molecule has 0 aliphatic carbocycles. The summed E-state index contributed by atoms with van der Waals surface area (Å²) in [4.78, 5) is 103. The number of aliphatic hydroxyl groups is 1. The van der Waals surface area contributed by atoms with Gasteiger partial charge in [0, 0.05) is 96.3 Å². The van der Waals surface area contributed by atoms with E-state index in [1.54, 1.807) is 120 Å². The van der Waals surface area contributed by atoms with Crippen LogP contribution in [0, 0.1) is 11.7 Å². The van der Waals surface area contributed by atoms with Gasteiger partial charge in [0.1, 0.15) is 42.1 Å². The number of hydrogen-bond donors (Lipinski definition) is 7. The molecule has 104 heavy (non-hydrogen) atoms. The summed E-state index contributed by atoms with van der Waals surface area (Å²) in [5.74, 6) is 1.25. The van der Waals surface area contributed by atoms with E-state index in [1.807, 2.05) is 64.7 Å². The first-order valence-electron chi connectivity index (χ1n) is 29.0. The number of H-pyrrole nitrogens is 1. The van der Waals surface area contributed by atoms with Gasteiger partial charge in [-0.3, -0.25) is 53.5 Å². The predicted octanol–water partition coefficient (Wildman–Crippen LogP) is 14.8. The molecule has 532 valence electrons. The number of carbonyl (C=O) groups excluding carboxylic acids is 4. The Bertz CT molecular complexity index is 5150. The third-order valence-corrected chi connectivity index (χ3v) is 17.3. The molecule has 24 nitrogen and oxygen atoms in total. The first-order chi connectivity index (χ1) is 48.9. The Morgan fingerprint density at radius 3 is 1.53 bits per heavy atom. The molecule has 0 unspecified atom stereocenters. The zero-order valence-electron chi connectivity index (χ0n) is 54.2. The summed E-state index contributed by atoms with van der Waals surface area (Å²) >= 11 is 38.0. The third kappa shape index (κ3) is 28.0. The fourth-order valence-electron chi connectivity index (χ4n) is 7.77. The molecule has 3 amide bonds. The number of nitrogen functional groups attached to an aromatic ring is 1. The summed E-state index contributed by atoms with van der Waals surface area (Å²) in [6.07, 6.45) is 17.2. The number of halogens is 7. The van der Waals surface area contributed by atoms with E-state index in [4.69, 9.17) is 57.1 Å². The molecule has 1 aromatic carbocycles. The Morgan fingerprint density at radius 1 is 0.606 bits per heavy atom. The maximum Gasteiger partial charge on any atom is 1.00 e. The average Bonchev–Trinajstić information content (AvgIpc) is 1.42. The summed E-state index contributed by atoms with van der Waals surface area (Å²) in [5, 5.41) is 23.5. The van der Waals surface area contributed by atoms with Crippen LogP contribution in [0.15, 0.2) is 203 Å². The number of primary amides is 2. The predicted molar refractivity (Wildman–Crippen MR) is 415 cm³/mol. The summed E-state index contributed by atoms with van der Waals surface area (Å²) in [5.41, 5.74) is 20.1. The number of carbonyl (C=O) groups is 4. The van der Waals surface area contributed by atoms with Gasteiger partial charge in [-0.05, 0) is 194 Å². The number of nitrogens with one attached hydrogen (secondary N) is 3. The Morgan fingerprint density at radius 2 is 1.08 bits per heavy atom. The van der Waals surface area contributed by atoms with E-state index < -0.39 is 28.1 Å². The maximum atomic E-state index is 13.3. The molecule has 0 radical (unpaired) electrons. The van der Waals surface area contributed by atoms with Crippen molar-refractivity contribution in [3.63, 3.8) is 0 Å². The maximum absolute atomic E-state index is 13.3. The molecule has 0 fully saturated rings. The van der Waals surface area contributed by atoms with Crippen molar-refractivity contribution < 1.29 is 68.3 Å². The molecule has 0 aliphatic heterocycles. The standard InChI is InChI=1S/C17H10ClFN4S.C11H6ClN3S.C11H9N3O2S.C11H7N3OS.C6H4ClNO.C5H6N2OS.C5H12O.Cl3OP.Na.H2O/c18-13-8-11(3-4-14(13)19)21-16-12-5-7-24-17(12)23-15(22-16)10-2-1-6-20-9-10;12-9-8-3-5-16-11(8)15-10(14-9)7-2-1-4-13-6-7;12-9(15)8-3-5-17-11(8)14-10(16)7-2-1-4-13-6-7;15-10-8-3-5-16-11(8)14-9(13-10)7-2-1-4-12-6-7;7-6(9)5-2-1-3-8-4-5;6-4(8)3-1-2-9-5(3)7;1-5(2)3-4-6;1-5(2,3)4;;/h1-9H,(H,21,22,23);1-6H;1-6H,(H2,12,15)(H,14,16);1-6H,(H,13,14,15);1-4H;1-2H,7H2,(H2,6,8);5-6H,3-4H2,1-2H3;;;1H2/q;;;;;;;;+1;/p-1. The quantitative estimate of drug-likeness (QED) is 0.0258. The normalized spacial score (nSPS) is 10.2. The minimum Gasteiger partial charge on any atom is -0.870 e. The van der Waals surface area contributed by atoms with Crippen LogP contribution >= 0.6 is 130 Å². The molecular formula is C66H55Cl6FN16NaO8PS5. The minimum absolute atomic E-state index is 0. The van der Waals surface area contributed by atoms with Crippen molar-refractivity contribution in [2.75, 3.05) is 23.0 Å². The number of nitrogens with two attached hydrogens (primary N) is 3. The Labute approximate surface area is 663 Å². The second-order valence-corrected chi connectivity index (χ2v) is 32.4. The van der Waals surface area contributed by atoms with Crippen molar-refractivity contribution >= 4 is 206 Å². The number of nitrogens with zero attached hydrogens (tertiary/aromatic N) is 10. The third-order valence-electron chi connectivity index (χ3n) is 12.5. The van der Waals surface area contributed by atoms with Crippen LogP contribution in [0.3, 0.4) is 0 Å². The molecule has 14 rings (SSSR count). The number of amides is 3. The number of aromatic nitrogens is 11. The van der Waals surface area contributed by atoms with Gasteiger partial charge in [0.25, 0.3) is 28.5 Å². The first-order valence-corrected chi connectivity index (χ1v) is 39.0. The number of anilines is 4. The van der Waals surface area contributed by atoms with Gasteiger partial charge in [0.05, 0.1) is 43.0 Å². The van der Waals surface area contributed by atoms with Gasteiger partial charge in [-0.1, -0.05) is 37.0 Å². The molecule has 0 saturated heterocycles. The molecular weight excluding hydrogens is 1590 g/mol. The smallest absolute Gasteiger partial charge is 0.870 e. The Kier molecular flexibility index (Phi) is 36.5. The van der Waals surface area contributed by atoms with Gasteiger partial charge in [0.2, 0.25) is 0 Å². The SMILES string of the molecule is CC(C)CCO.Clc1nc(-c2cccnc2)nc2sccc12.Fc1ccc(Nc2nc(-c3cccnc3)nc3sccc23)cc1Cl.NC(=O)c1ccsc1N.NC(=O)c1ccsc1NC(=O)c1cccnc1.O=C(Cl)c1cccnc1.O=P(Cl)(Cl)Cl.O=c1[nH]c(-c2cccnc2)nc2sccc12.[Na+].[OH-]. The summed E-state index contributed by atoms with van der Waals surface area (Å²) in [7, 11) is 0. The molecule has 0 atom stereocenters. The molecule has 13 heterocycles. The molecule has 0 aliphatic rings. The number of pyridine rings is 5. The zero-order valence-corrected chi connectivity index (χ0v) is 65.7. The van der Waals surface area contributed by atoms with Crippen molar-refractivity contribution in [3.05, 3.63) is 247 Å². The molecule has 0 spiro atoms. The number of benzene rings is 1. The second kappa shape index (κ2) is 43.9. The van der Waals surface area contributed by atoms with E-state index in [-0.39, 0.29) is 51.5 Å². The molecule has 13 aromatic heterocycles. The molecule has 38 heteroatoms. The van der Waals surface area contributed by atoms with Crippen molar-refractivity contribution in [3.8, 4) is 34.2 Å². The Balaban J connectivity index is 0.000000222. The van der Waals surface area contributed by atoms with Gasteiger partial charge < -0.3 is 43.4 Å². The number of fused-ring (bicyclic) bond motifs is 3. The number of aliphatic hydroxyl groups excluding tert-OH is 1. The van der Waals surface area contributed by atoms with E-state index in [9.17, 15) is 32.9 Å². The van der Waals surface area contributed by atoms with Crippen molar-refractivity contribution in [2.24, 2.45) is 17.4 Å². The van der Waals surface area contributed by atoms with Crippen LogP contribution in [0.2, 0.25) is 10.2 Å². The van der Waals surface area contributed by atoms with Crippen LogP contribution in [-0.2, 0) is 4.57 Å². The molecule has 14 aromatic rings. The summed E-state index contributed by atoms with van der Waals surface area (Å²) < 4.78 is 22.8. The van der Waals surface area contributed by atoms with Crippen LogP contribution in [0.25, 0.3) is 64.8 Å². The first kappa shape index (κ1) is 86.4. The van der Waals surface area contributed by atoms with E-state index >= 15 is 0 Å². The number of rotatable bonds is 12. The van der Waals surface area contributed by atoms with Crippen LogP contribution < -0.4 is 63.0 Å². The molecule has 11 N–H and O–H groups in total. The minimum atomic E-state index is -3.22. The Hall–Kier alpha value is -8.21. The topological polar surface area (TPSA) is 399 Å². The largest absolute Gasteiger partial charge is 1.00 e. The van der Waals surface area contributed by atoms with Gasteiger partial charge in [0.15, 0.2) is 11.6 Å². The number of thiophene rings is 5. The molecule has 0 bridgehead atoms. The van der Waals surface area contributed by atoms with Crippen molar-refractivity contribution in [1.82, 2.24) is 54.8 Å². The van der Waals surface area contributed by atoms with E-state index in [1.165, 1.54) is 69.9 Å². The van der Waals surface area contributed by atoms with E-state index in [0.717, 1.165) is 48.4 Å². The second-order valence-electron chi connectivity index (χ2n) is 20.2. The summed E-state index contributed by atoms with van der Waals surface area (Å²) in [6.45, 7) is 4.52. The number of aromatic amines is 1. The fourth-order valence-corrected chi connectivity index (χ4v) is 12.1. The van der Waals surface area contributed by atoms with Crippen molar-refractivity contribution in [1.29, 1.82) is 0 Å². The number of hydrogen-bond acceptors (Lipinski definition) is 25. The van der Waals surface area contributed by atoms with E-state index in [0.29, 0.717) is 84.3 Å². The van der Waals surface area contributed by atoms with Gasteiger partial charge in [-0.15, -0.1) is 56.7 Å². The zero-order chi connectivity index (χ0) is 73.7. The van der Waals surface area contributed by atoms with Crippen LogP contribution in [0.1, 0.15) is 61.7 Å². The average molecular weight is 1650 g/mol. The van der Waals surface area contributed by atoms with Crippen molar-refractivity contribution in [2.45, 2.75) is 20.3 Å². The summed E-state index contributed by atoms with van der Waals surface area (Å²) in [6, 6.07) is 31.1. The van der Waals surface area contributed by atoms with Gasteiger partial charge >= 0.3 is 34.8 Å². The monoisotopic (exact) mass is 1640 g/mol.